The fourth-order valence-corrected chi connectivity index (χ4v) is 6.38. The molecule has 2 heterocycles. The highest BCUT2D eigenvalue weighted by Crippen LogP contribution is 2.23. The molecule has 2 aromatic heterocycles. The summed E-state index contributed by atoms with van der Waals surface area (Å²) < 4.78 is 29.3. The van der Waals surface area contributed by atoms with Gasteiger partial charge in [0.15, 0.2) is 23.0 Å². The van der Waals surface area contributed by atoms with Crippen LogP contribution in [-0.4, -0.2) is 95.1 Å². The van der Waals surface area contributed by atoms with Crippen LogP contribution in [0.5, 0.6) is 0 Å². The molecule has 0 aliphatic carbocycles. The van der Waals surface area contributed by atoms with Gasteiger partial charge < -0.3 is 37.4 Å². The number of benzene rings is 4. The lowest BCUT2D eigenvalue weighted by Crippen LogP contribution is -2.44. The van der Waals surface area contributed by atoms with Crippen LogP contribution in [0.2, 0.25) is 10.0 Å². The topological polar surface area (TPSA) is 255 Å². The Bertz CT molecular complexity index is 2650. The van der Waals surface area contributed by atoms with Crippen molar-refractivity contribution in [3.63, 3.8) is 0 Å². The standard InChI is InChI=1S/C21H21ClFN5O3.C15H18N4O4.C6H5ClFN.CH4/c1-12(2)27(10-17(29)25-15-8-5-7-14(22)19(15)23)18(30)11-28-16-9-4-3-6-13(16)20(26-28)21(24)31;1-9(2)18(8-13(21)22)12(20)7-19-11-6-4-3-5-10(11)14(17-19)15(16)23;7-4-2-1-3-5(9)6(4)8;/h3-9,12H,10-11H2,1-2H3,(H2,24,31)(H,25,29);3-6,9H,7-8H2,1-2H3,(H2,16,23)(H,21,22);1-3H,9H2;1H4. The minimum absolute atomic E-state index is 0. The number of nitrogens with zero attached hydrogens (tertiary/aromatic N) is 6. The highest BCUT2D eigenvalue weighted by molar-refractivity contribution is 6.31. The summed E-state index contributed by atoms with van der Waals surface area (Å²) in [5, 5.41) is 20.6. The van der Waals surface area contributed by atoms with Crippen molar-refractivity contribution >= 4 is 91.9 Å². The lowest BCUT2D eigenvalue weighted by atomic mass is 10.2. The number of hydrogen-bond acceptors (Lipinski definition) is 9. The van der Waals surface area contributed by atoms with E-state index >= 15 is 0 Å². The number of primary amides is 2. The van der Waals surface area contributed by atoms with E-state index in [1.165, 1.54) is 49.5 Å². The summed E-state index contributed by atoms with van der Waals surface area (Å²) in [4.78, 5) is 74.4. The number of aromatic nitrogens is 4. The number of fused-ring (bicyclic) bond motifs is 2. The highest BCUT2D eigenvalue weighted by atomic mass is 35.5. The van der Waals surface area contributed by atoms with Crippen LogP contribution in [0.25, 0.3) is 21.8 Å². The summed E-state index contributed by atoms with van der Waals surface area (Å²) in [6, 6.07) is 22.0. The Morgan fingerprint density at radius 3 is 1.50 bits per heavy atom. The molecule has 0 atom stereocenters. The van der Waals surface area contributed by atoms with Gasteiger partial charge in [-0.2, -0.15) is 10.2 Å². The third kappa shape index (κ3) is 13.0. The number of amides is 5. The minimum Gasteiger partial charge on any atom is -0.480 e. The number of carbonyl (C=O) groups is 6. The fraction of sp³-hybridized carbons (Fsp3) is 0.256. The molecule has 64 heavy (non-hydrogen) atoms. The van der Waals surface area contributed by atoms with Gasteiger partial charge in [-0.15, -0.1) is 0 Å². The first-order valence-corrected chi connectivity index (χ1v) is 19.7. The van der Waals surface area contributed by atoms with Gasteiger partial charge in [0, 0.05) is 22.9 Å². The summed E-state index contributed by atoms with van der Waals surface area (Å²) in [5.74, 6) is -5.14. The zero-order chi connectivity index (χ0) is 46.7. The third-order valence-electron chi connectivity index (χ3n) is 9.07. The smallest absolute Gasteiger partial charge is 0.323 e. The molecular weight excluding hydrogens is 877 g/mol. The number of para-hydroxylation sites is 2. The predicted molar refractivity (Wildman–Crippen MR) is 240 cm³/mol. The van der Waals surface area contributed by atoms with Crippen molar-refractivity contribution in [2.75, 3.05) is 24.1 Å². The number of nitrogens with two attached hydrogens (primary N) is 3. The lowest BCUT2D eigenvalue weighted by Gasteiger charge is -2.26. The number of rotatable bonds is 13. The van der Waals surface area contributed by atoms with Gasteiger partial charge in [0.05, 0.1) is 32.5 Å². The van der Waals surface area contributed by atoms with E-state index in [9.17, 15) is 37.5 Å². The van der Waals surface area contributed by atoms with Crippen molar-refractivity contribution in [2.24, 2.45) is 11.5 Å². The molecule has 5 amide bonds. The van der Waals surface area contributed by atoms with E-state index in [4.69, 9.17) is 45.5 Å². The first-order chi connectivity index (χ1) is 29.7. The molecule has 0 radical (unpaired) electrons. The van der Waals surface area contributed by atoms with E-state index in [0.717, 1.165) is 0 Å². The van der Waals surface area contributed by atoms with Crippen molar-refractivity contribution in [3.05, 3.63) is 118 Å². The van der Waals surface area contributed by atoms with Crippen molar-refractivity contribution in [2.45, 2.75) is 60.3 Å². The van der Waals surface area contributed by atoms with Gasteiger partial charge in [0.25, 0.3) is 11.8 Å². The Kier molecular flexibility index (Phi) is 18.3. The summed E-state index contributed by atoms with van der Waals surface area (Å²) in [6.07, 6.45) is 0. The molecule has 0 aliphatic heterocycles. The number of halogens is 4. The lowest BCUT2D eigenvalue weighted by molar-refractivity contribution is -0.146. The highest BCUT2D eigenvalue weighted by Gasteiger charge is 2.25. The number of carboxylic acid groups (broad SMARTS) is 1. The van der Waals surface area contributed by atoms with Crippen LogP contribution in [0.1, 0.15) is 56.1 Å². The van der Waals surface area contributed by atoms with Gasteiger partial charge in [-0.05, 0) is 64.1 Å². The van der Waals surface area contributed by atoms with Gasteiger partial charge in [-0.1, -0.05) is 79.2 Å². The molecule has 8 N–H and O–H groups in total. The van der Waals surface area contributed by atoms with E-state index in [2.05, 4.69) is 15.5 Å². The minimum atomic E-state index is -1.09. The number of anilines is 2. The first kappa shape index (κ1) is 51.2. The van der Waals surface area contributed by atoms with Gasteiger partial charge in [0.2, 0.25) is 17.7 Å². The Labute approximate surface area is 376 Å². The molecule has 0 aliphatic rings. The SMILES string of the molecule is C.CC(C)N(CC(=O)Nc1cccc(Cl)c1F)C(=O)Cn1nc(C(N)=O)c2ccccc21.CC(C)N(CC(=O)O)C(=O)Cn1nc(C(N)=O)c2ccccc21.Nc1cccc(Cl)c1F. The monoisotopic (exact) mass is 924 g/mol. The van der Waals surface area contributed by atoms with E-state index in [1.54, 1.807) is 82.3 Å². The molecule has 0 unspecified atom stereocenters. The molecule has 0 spiro atoms. The average molecular weight is 926 g/mol. The van der Waals surface area contributed by atoms with E-state index in [-0.39, 0.29) is 72.0 Å². The molecule has 21 heteroatoms. The molecule has 6 rings (SSSR count). The zero-order valence-corrected chi connectivity index (χ0v) is 35.9. The van der Waals surface area contributed by atoms with Gasteiger partial charge >= 0.3 is 5.97 Å². The second-order valence-electron chi connectivity index (χ2n) is 14.2. The number of hydrogen-bond donors (Lipinski definition) is 5. The quantitative estimate of drug-likeness (QED) is 0.0850. The molecule has 4 aromatic carbocycles. The van der Waals surface area contributed by atoms with Crippen molar-refractivity contribution in [1.29, 1.82) is 0 Å². The van der Waals surface area contributed by atoms with Crippen molar-refractivity contribution < 1.29 is 42.7 Å². The molecular formula is C43H48Cl2F2N10O7. The Morgan fingerprint density at radius 2 is 1.09 bits per heavy atom. The summed E-state index contributed by atoms with van der Waals surface area (Å²) in [6.45, 7) is 5.91. The first-order valence-electron chi connectivity index (χ1n) is 19.0. The largest absolute Gasteiger partial charge is 0.480 e. The van der Waals surface area contributed by atoms with Crippen LogP contribution < -0.4 is 22.5 Å². The normalized spacial score (nSPS) is 10.6. The van der Waals surface area contributed by atoms with Crippen LogP contribution in [0.15, 0.2) is 84.9 Å². The fourth-order valence-electron chi connectivity index (χ4n) is 6.03. The average Bonchev–Trinajstić information content (AvgIpc) is 3.78. The molecule has 0 saturated heterocycles. The van der Waals surface area contributed by atoms with Gasteiger partial charge in [0.1, 0.15) is 26.2 Å². The van der Waals surface area contributed by atoms with E-state index < -0.39 is 53.7 Å². The summed E-state index contributed by atoms with van der Waals surface area (Å²) >= 11 is 11.1. The maximum atomic E-state index is 14.0. The van der Waals surface area contributed by atoms with Crippen LogP contribution in [-0.2, 0) is 32.3 Å². The summed E-state index contributed by atoms with van der Waals surface area (Å²) in [5.41, 5.74) is 17.2. The molecule has 0 fully saturated rings. The number of nitrogens with one attached hydrogen (secondary N) is 1. The Hall–Kier alpha value is -7.12. The molecule has 0 saturated carbocycles. The molecule has 340 valence electrons. The number of nitrogen functional groups attached to an aromatic ring is 1. The van der Waals surface area contributed by atoms with Gasteiger partial charge in [-0.25, -0.2) is 8.78 Å². The third-order valence-corrected chi connectivity index (χ3v) is 9.65. The maximum absolute atomic E-state index is 14.0. The van der Waals surface area contributed by atoms with Gasteiger partial charge in [-0.3, -0.25) is 38.1 Å². The zero-order valence-electron chi connectivity index (χ0n) is 34.4. The van der Waals surface area contributed by atoms with Crippen molar-refractivity contribution in [3.8, 4) is 0 Å². The molecule has 17 nitrogen and oxygen atoms in total. The Balaban J connectivity index is 0.000000289. The predicted octanol–water partition coefficient (Wildman–Crippen LogP) is 5.96. The van der Waals surface area contributed by atoms with Crippen LogP contribution in [0, 0.1) is 11.6 Å². The van der Waals surface area contributed by atoms with E-state index in [1.807, 2.05) is 0 Å². The van der Waals surface area contributed by atoms with E-state index in [0.29, 0.717) is 21.8 Å². The summed E-state index contributed by atoms with van der Waals surface area (Å²) in [7, 11) is 0. The van der Waals surface area contributed by atoms with Crippen molar-refractivity contribution in [1.82, 2.24) is 29.4 Å². The number of carbonyl (C=O) groups excluding carboxylic acids is 5. The molecule has 0 bridgehead atoms. The van der Waals surface area contributed by atoms with Crippen LogP contribution in [0.4, 0.5) is 20.2 Å². The molecule has 6 aromatic rings. The second kappa shape index (κ2) is 22.8. The Morgan fingerprint density at radius 1 is 0.672 bits per heavy atom. The number of carboxylic acids is 1. The maximum Gasteiger partial charge on any atom is 0.323 e. The number of aliphatic carboxylic acids is 1. The van der Waals surface area contributed by atoms with Crippen LogP contribution >= 0.6 is 23.2 Å². The second-order valence-corrected chi connectivity index (χ2v) is 15.0. The van der Waals surface area contributed by atoms with Crippen LogP contribution in [0.3, 0.4) is 0 Å².